The van der Waals surface area contributed by atoms with Gasteiger partial charge < -0.3 is 10.5 Å². The largest absolute Gasteiger partial charge is 0.381 e. The highest BCUT2D eigenvalue weighted by Gasteiger charge is 2.37. The molecule has 1 heterocycles. The van der Waals surface area contributed by atoms with Crippen LogP contribution >= 0.6 is 0 Å². The monoisotopic (exact) mass is 179 g/mol. The van der Waals surface area contributed by atoms with Crippen LogP contribution in [0.2, 0.25) is 0 Å². The zero-order chi connectivity index (χ0) is 9.24. The van der Waals surface area contributed by atoms with E-state index >= 15 is 0 Å². The summed E-state index contributed by atoms with van der Waals surface area (Å²) in [5, 5.41) is 0. The van der Waals surface area contributed by atoms with Gasteiger partial charge in [-0.15, -0.1) is 0 Å². The summed E-state index contributed by atoms with van der Waals surface area (Å²) in [5.74, 6) is -2.66. The van der Waals surface area contributed by atoms with Gasteiger partial charge in [0.2, 0.25) is 5.92 Å². The lowest BCUT2D eigenvalue weighted by Crippen LogP contribution is -2.48. The van der Waals surface area contributed by atoms with Crippen LogP contribution in [0.5, 0.6) is 0 Å². The van der Waals surface area contributed by atoms with Crippen LogP contribution in [-0.2, 0) is 4.74 Å². The van der Waals surface area contributed by atoms with E-state index in [9.17, 15) is 8.78 Å². The molecule has 1 aliphatic rings. The summed E-state index contributed by atoms with van der Waals surface area (Å²) >= 11 is 0. The molecule has 2 nitrogen and oxygen atoms in total. The van der Waals surface area contributed by atoms with Gasteiger partial charge in [0.25, 0.3) is 0 Å². The van der Waals surface area contributed by atoms with Crippen molar-refractivity contribution in [1.82, 2.24) is 0 Å². The smallest absolute Gasteiger partial charge is 0.247 e. The number of hydrogen-bond acceptors (Lipinski definition) is 2. The van der Waals surface area contributed by atoms with E-state index in [-0.39, 0.29) is 6.42 Å². The van der Waals surface area contributed by atoms with Gasteiger partial charge >= 0.3 is 0 Å². The summed E-state index contributed by atoms with van der Waals surface area (Å²) in [7, 11) is 0. The fraction of sp³-hybridized carbons (Fsp3) is 1.00. The summed E-state index contributed by atoms with van der Waals surface area (Å²) in [6.45, 7) is 1.93. The van der Waals surface area contributed by atoms with Crippen molar-refractivity contribution < 1.29 is 13.5 Å². The molecule has 0 aromatic carbocycles. The summed E-state index contributed by atoms with van der Waals surface area (Å²) in [5.41, 5.74) is 5.07. The highest BCUT2D eigenvalue weighted by atomic mass is 19.3. The predicted octanol–water partition coefficient (Wildman–Crippen LogP) is 1.54. The molecular weight excluding hydrogens is 164 g/mol. The Labute approximate surface area is 71.1 Å². The minimum Gasteiger partial charge on any atom is -0.381 e. The van der Waals surface area contributed by atoms with E-state index in [4.69, 9.17) is 10.5 Å². The molecule has 0 aromatic rings. The molecule has 72 valence electrons. The van der Waals surface area contributed by atoms with Gasteiger partial charge in [0.1, 0.15) is 0 Å². The lowest BCUT2D eigenvalue weighted by molar-refractivity contribution is -0.0363. The van der Waals surface area contributed by atoms with Gasteiger partial charge in [0.15, 0.2) is 0 Å². The molecule has 0 unspecified atom stereocenters. The van der Waals surface area contributed by atoms with Crippen LogP contribution in [0.3, 0.4) is 0 Å². The Morgan fingerprint density at radius 3 is 2.33 bits per heavy atom. The molecule has 0 saturated carbocycles. The third-order valence-electron chi connectivity index (χ3n) is 2.15. The number of hydrogen-bond donors (Lipinski definition) is 1. The molecule has 1 fully saturated rings. The molecule has 2 N–H and O–H groups in total. The SMILES string of the molecule is CC(F)(F)CC1(N)CCOCC1. The lowest BCUT2D eigenvalue weighted by Gasteiger charge is -2.35. The van der Waals surface area contributed by atoms with Crippen LogP contribution in [0.15, 0.2) is 0 Å². The first-order valence-electron chi connectivity index (χ1n) is 4.16. The summed E-state index contributed by atoms with van der Waals surface area (Å²) < 4.78 is 30.3. The number of rotatable bonds is 2. The molecule has 12 heavy (non-hydrogen) atoms. The summed E-state index contributed by atoms with van der Waals surface area (Å²) in [4.78, 5) is 0. The van der Waals surface area contributed by atoms with E-state index in [1.807, 2.05) is 0 Å². The van der Waals surface area contributed by atoms with Crippen LogP contribution in [0.25, 0.3) is 0 Å². The van der Waals surface area contributed by atoms with Crippen molar-refractivity contribution >= 4 is 0 Å². The van der Waals surface area contributed by atoms with Crippen LogP contribution in [0.1, 0.15) is 26.2 Å². The first kappa shape index (κ1) is 9.86. The normalized spacial score (nSPS) is 24.0. The number of halogens is 2. The van der Waals surface area contributed by atoms with Crippen molar-refractivity contribution in [3.05, 3.63) is 0 Å². The Morgan fingerprint density at radius 2 is 1.92 bits per heavy atom. The Balaban J connectivity index is 2.47. The standard InChI is InChI=1S/C8H15F2NO/c1-7(9,10)6-8(11)2-4-12-5-3-8/h2-6,11H2,1H3. The van der Waals surface area contributed by atoms with Gasteiger partial charge in [0, 0.05) is 25.2 Å². The lowest BCUT2D eigenvalue weighted by atomic mass is 9.85. The molecule has 0 radical (unpaired) electrons. The molecule has 0 amide bonds. The third-order valence-corrected chi connectivity index (χ3v) is 2.15. The van der Waals surface area contributed by atoms with Crippen LogP contribution < -0.4 is 5.73 Å². The zero-order valence-electron chi connectivity index (χ0n) is 7.28. The highest BCUT2D eigenvalue weighted by Crippen LogP contribution is 2.30. The quantitative estimate of drug-likeness (QED) is 0.697. The molecular formula is C8H15F2NO. The number of alkyl halides is 2. The molecule has 1 aliphatic heterocycles. The third kappa shape index (κ3) is 3.03. The fourth-order valence-electron chi connectivity index (χ4n) is 1.57. The second kappa shape index (κ2) is 3.26. The van der Waals surface area contributed by atoms with Crippen LogP contribution in [0, 0.1) is 0 Å². The maximum atomic E-state index is 12.6. The summed E-state index contributed by atoms with van der Waals surface area (Å²) in [6, 6.07) is 0. The Hall–Kier alpha value is -0.220. The first-order chi connectivity index (χ1) is 5.41. The second-order valence-electron chi connectivity index (χ2n) is 3.72. The van der Waals surface area contributed by atoms with Crippen molar-refractivity contribution in [3.8, 4) is 0 Å². The van der Waals surface area contributed by atoms with Gasteiger partial charge in [-0.25, -0.2) is 8.78 Å². The van der Waals surface area contributed by atoms with E-state index in [2.05, 4.69) is 0 Å². The molecule has 0 bridgehead atoms. The van der Waals surface area contributed by atoms with E-state index in [1.54, 1.807) is 0 Å². The van der Waals surface area contributed by atoms with Crippen LogP contribution in [0.4, 0.5) is 8.78 Å². The van der Waals surface area contributed by atoms with Gasteiger partial charge in [0.05, 0.1) is 0 Å². The minimum atomic E-state index is -2.66. The van der Waals surface area contributed by atoms with E-state index in [1.165, 1.54) is 0 Å². The maximum Gasteiger partial charge on any atom is 0.247 e. The Bertz CT molecular complexity index is 150. The molecule has 0 aromatic heterocycles. The maximum absolute atomic E-state index is 12.6. The van der Waals surface area contributed by atoms with E-state index in [0.29, 0.717) is 26.1 Å². The van der Waals surface area contributed by atoms with Crippen molar-refractivity contribution in [3.63, 3.8) is 0 Å². The van der Waals surface area contributed by atoms with Gasteiger partial charge in [-0.05, 0) is 19.8 Å². The van der Waals surface area contributed by atoms with Crippen molar-refractivity contribution in [2.45, 2.75) is 37.6 Å². The van der Waals surface area contributed by atoms with Gasteiger partial charge in [-0.1, -0.05) is 0 Å². The van der Waals surface area contributed by atoms with Crippen molar-refractivity contribution in [2.75, 3.05) is 13.2 Å². The molecule has 0 spiro atoms. The van der Waals surface area contributed by atoms with Gasteiger partial charge in [-0.3, -0.25) is 0 Å². The Morgan fingerprint density at radius 1 is 1.42 bits per heavy atom. The van der Waals surface area contributed by atoms with Crippen molar-refractivity contribution in [1.29, 1.82) is 0 Å². The van der Waals surface area contributed by atoms with Crippen molar-refractivity contribution in [2.24, 2.45) is 5.73 Å². The average molecular weight is 179 g/mol. The zero-order valence-corrected chi connectivity index (χ0v) is 7.28. The minimum absolute atomic E-state index is 0.233. The second-order valence-corrected chi connectivity index (χ2v) is 3.72. The van der Waals surface area contributed by atoms with E-state index in [0.717, 1.165) is 6.92 Å². The average Bonchev–Trinajstić information content (AvgIpc) is 1.83. The highest BCUT2D eigenvalue weighted by molar-refractivity contribution is 4.89. The fourth-order valence-corrected chi connectivity index (χ4v) is 1.57. The summed E-state index contributed by atoms with van der Waals surface area (Å²) in [6.07, 6.45) is 0.843. The number of ether oxygens (including phenoxy) is 1. The van der Waals surface area contributed by atoms with Gasteiger partial charge in [-0.2, -0.15) is 0 Å². The molecule has 1 rings (SSSR count). The number of nitrogens with two attached hydrogens (primary N) is 1. The molecule has 0 aliphatic carbocycles. The Kier molecular flexibility index (Phi) is 2.68. The van der Waals surface area contributed by atoms with Crippen LogP contribution in [-0.4, -0.2) is 24.7 Å². The molecule has 4 heteroatoms. The molecule has 0 atom stereocenters. The van der Waals surface area contributed by atoms with E-state index < -0.39 is 11.5 Å². The predicted molar refractivity (Wildman–Crippen MR) is 42.2 cm³/mol. The molecule has 1 saturated heterocycles. The first-order valence-corrected chi connectivity index (χ1v) is 4.16. The topological polar surface area (TPSA) is 35.2 Å².